The number of urea groups is 1. The summed E-state index contributed by atoms with van der Waals surface area (Å²) in [6, 6.07) is -0.873. The quantitative estimate of drug-likeness (QED) is 0.592. The van der Waals surface area contributed by atoms with Crippen LogP contribution in [0.3, 0.4) is 0 Å². The van der Waals surface area contributed by atoms with Crippen LogP contribution in [-0.4, -0.2) is 35.9 Å². The van der Waals surface area contributed by atoms with Gasteiger partial charge >= 0.3 is 6.03 Å². The minimum Gasteiger partial charge on any atom is -0.393 e. The molecule has 0 radical (unpaired) electrons. The van der Waals surface area contributed by atoms with Crippen molar-refractivity contribution in [1.82, 2.24) is 5.32 Å². The number of rotatable bonds is 3. The fourth-order valence-corrected chi connectivity index (χ4v) is 1.58. The molecule has 15 heavy (non-hydrogen) atoms. The molecule has 3 amide bonds. The average molecular weight is 216 g/mol. The lowest BCUT2D eigenvalue weighted by atomic mass is 9.95. The number of carbonyl (C=O) groups excluding carboxylic acids is 2. The van der Waals surface area contributed by atoms with Crippen molar-refractivity contribution < 1.29 is 19.4 Å². The van der Waals surface area contributed by atoms with Crippen LogP contribution in [0.5, 0.6) is 0 Å². The van der Waals surface area contributed by atoms with Crippen LogP contribution in [0.25, 0.3) is 0 Å². The Bertz CT molecular complexity index is 236. The van der Waals surface area contributed by atoms with E-state index < -0.39 is 11.9 Å². The van der Waals surface area contributed by atoms with Gasteiger partial charge < -0.3 is 15.6 Å². The van der Waals surface area contributed by atoms with E-state index in [1.165, 1.54) is 0 Å². The van der Waals surface area contributed by atoms with E-state index >= 15 is 0 Å². The summed E-state index contributed by atoms with van der Waals surface area (Å²) >= 11 is 0. The third-order valence-corrected chi connectivity index (χ3v) is 2.36. The largest absolute Gasteiger partial charge is 0.393 e. The molecule has 1 rings (SSSR count). The van der Waals surface area contributed by atoms with E-state index in [0.717, 1.165) is 12.8 Å². The number of aliphatic hydroxyl groups is 1. The zero-order valence-electron chi connectivity index (χ0n) is 8.44. The monoisotopic (exact) mass is 216 g/mol. The molecule has 0 atom stereocenters. The second-order valence-corrected chi connectivity index (χ2v) is 3.65. The van der Waals surface area contributed by atoms with E-state index in [-0.39, 0.29) is 18.8 Å². The van der Waals surface area contributed by atoms with Crippen LogP contribution in [0.1, 0.15) is 25.7 Å². The van der Waals surface area contributed by atoms with Crippen LogP contribution in [0.4, 0.5) is 4.79 Å². The van der Waals surface area contributed by atoms with Crippen molar-refractivity contribution in [1.29, 1.82) is 0 Å². The van der Waals surface area contributed by atoms with Crippen LogP contribution in [0.2, 0.25) is 0 Å². The van der Waals surface area contributed by atoms with Gasteiger partial charge in [-0.3, -0.25) is 10.1 Å². The highest BCUT2D eigenvalue weighted by Gasteiger charge is 2.20. The zero-order chi connectivity index (χ0) is 11.3. The van der Waals surface area contributed by atoms with Crippen molar-refractivity contribution in [3.05, 3.63) is 0 Å². The molecule has 0 saturated heterocycles. The normalized spacial score (nSPS) is 25.9. The number of nitrogens with two attached hydrogens (primary N) is 1. The lowest BCUT2D eigenvalue weighted by molar-refractivity contribution is -0.127. The molecule has 0 aliphatic heterocycles. The Labute approximate surface area is 87.8 Å². The number of ether oxygens (including phenoxy) is 1. The second kappa shape index (κ2) is 5.67. The summed E-state index contributed by atoms with van der Waals surface area (Å²) in [6.07, 6.45) is 2.62. The van der Waals surface area contributed by atoms with E-state index in [9.17, 15) is 14.7 Å². The minimum absolute atomic E-state index is 0.00738. The van der Waals surface area contributed by atoms with Gasteiger partial charge in [0.1, 0.15) is 6.61 Å². The molecule has 1 fully saturated rings. The molecule has 1 saturated carbocycles. The Morgan fingerprint density at radius 1 is 1.33 bits per heavy atom. The first kappa shape index (κ1) is 11.9. The summed E-state index contributed by atoms with van der Waals surface area (Å²) in [7, 11) is 0. The van der Waals surface area contributed by atoms with Crippen LogP contribution in [0, 0.1) is 0 Å². The number of carbonyl (C=O) groups is 2. The Morgan fingerprint density at radius 3 is 2.47 bits per heavy atom. The van der Waals surface area contributed by atoms with Crippen molar-refractivity contribution in [2.45, 2.75) is 37.9 Å². The predicted molar refractivity (Wildman–Crippen MR) is 51.9 cm³/mol. The zero-order valence-corrected chi connectivity index (χ0v) is 8.44. The Balaban J connectivity index is 2.14. The molecule has 1 aliphatic rings. The average Bonchev–Trinajstić information content (AvgIpc) is 2.16. The number of hydrogen-bond donors (Lipinski definition) is 3. The lowest BCUT2D eigenvalue weighted by Gasteiger charge is -2.25. The topological polar surface area (TPSA) is 102 Å². The van der Waals surface area contributed by atoms with E-state index in [4.69, 9.17) is 10.5 Å². The van der Waals surface area contributed by atoms with Gasteiger partial charge in [0.2, 0.25) is 0 Å². The first-order chi connectivity index (χ1) is 7.08. The Hall–Kier alpha value is -1.14. The van der Waals surface area contributed by atoms with E-state index in [0.29, 0.717) is 12.8 Å². The highest BCUT2D eigenvalue weighted by atomic mass is 16.5. The van der Waals surface area contributed by atoms with Gasteiger partial charge in [0.05, 0.1) is 12.2 Å². The number of amides is 3. The van der Waals surface area contributed by atoms with Crippen LogP contribution in [0.15, 0.2) is 0 Å². The molecule has 86 valence electrons. The number of primary amides is 1. The molecule has 0 heterocycles. The van der Waals surface area contributed by atoms with Gasteiger partial charge in [0.25, 0.3) is 5.91 Å². The molecule has 0 aromatic carbocycles. The van der Waals surface area contributed by atoms with E-state index in [2.05, 4.69) is 0 Å². The van der Waals surface area contributed by atoms with Gasteiger partial charge in [0, 0.05) is 0 Å². The molecular weight excluding hydrogens is 200 g/mol. The number of aliphatic hydroxyl groups excluding tert-OH is 1. The molecule has 6 nitrogen and oxygen atoms in total. The fourth-order valence-electron chi connectivity index (χ4n) is 1.58. The van der Waals surface area contributed by atoms with Crippen molar-refractivity contribution in [2.75, 3.05) is 6.61 Å². The molecule has 0 bridgehead atoms. The molecule has 4 N–H and O–H groups in total. The summed E-state index contributed by atoms with van der Waals surface area (Å²) < 4.78 is 5.26. The predicted octanol–water partition coefficient (Wildman–Crippen LogP) is -0.499. The lowest BCUT2D eigenvalue weighted by Crippen LogP contribution is -2.38. The highest BCUT2D eigenvalue weighted by Crippen LogP contribution is 2.20. The minimum atomic E-state index is -0.873. The first-order valence-corrected chi connectivity index (χ1v) is 4.97. The van der Waals surface area contributed by atoms with Gasteiger partial charge in [-0.15, -0.1) is 0 Å². The van der Waals surface area contributed by atoms with Crippen LogP contribution in [-0.2, 0) is 9.53 Å². The van der Waals surface area contributed by atoms with Crippen molar-refractivity contribution in [2.24, 2.45) is 5.73 Å². The molecule has 0 spiro atoms. The van der Waals surface area contributed by atoms with Crippen LogP contribution < -0.4 is 11.1 Å². The maximum Gasteiger partial charge on any atom is 0.318 e. The number of nitrogens with one attached hydrogen (secondary N) is 1. The smallest absolute Gasteiger partial charge is 0.318 e. The van der Waals surface area contributed by atoms with Crippen LogP contribution >= 0.6 is 0 Å². The SMILES string of the molecule is NC(=O)NC(=O)COC1CCC(O)CC1. The third-order valence-electron chi connectivity index (χ3n) is 2.36. The molecule has 6 heteroatoms. The third kappa shape index (κ3) is 4.75. The second-order valence-electron chi connectivity index (χ2n) is 3.65. The van der Waals surface area contributed by atoms with Gasteiger partial charge in [-0.2, -0.15) is 0 Å². The van der Waals surface area contributed by atoms with Crippen molar-refractivity contribution in [3.8, 4) is 0 Å². The van der Waals surface area contributed by atoms with Gasteiger partial charge in [-0.1, -0.05) is 0 Å². The summed E-state index contributed by atoms with van der Waals surface area (Å²) in [6.45, 7) is -0.163. The Kier molecular flexibility index (Phi) is 4.51. The molecule has 0 aromatic rings. The van der Waals surface area contributed by atoms with Gasteiger partial charge in [-0.25, -0.2) is 4.79 Å². The van der Waals surface area contributed by atoms with E-state index in [1.54, 1.807) is 0 Å². The number of imide groups is 1. The van der Waals surface area contributed by atoms with Crippen molar-refractivity contribution >= 4 is 11.9 Å². The maximum atomic E-state index is 11.0. The fraction of sp³-hybridized carbons (Fsp3) is 0.778. The van der Waals surface area contributed by atoms with E-state index in [1.807, 2.05) is 5.32 Å². The first-order valence-electron chi connectivity index (χ1n) is 4.97. The Morgan fingerprint density at radius 2 is 1.93 bits per heavy atom. The molecule has 0 unspecified atom stereocenters. The summed E-state index contributed by atoms with van der Waals surface area (Å²) in [4.78, 5) is 21.3. The highest BCUT2D eigenvalue weighted by molar-refractivity contribution is 5.94. The summed E-state index contributed by atoms with van der Waals surface area (Å²) in [5.74, 6) is -0.534. The maximum absolute atomic E-state index is 11.0. The standard InChI is InChI=1S/C9H16N2O4/c10-9(14)11-8(13)5-15-7-3-1-6(12)2-4-7/h6-7,12H,1-5H2,(H3,10,11,13,14). The van der Waals surface area contributed by atoms with Crippen molar-refractivity contribution in [3.63, 3.8) is 0 Å². The molecule has 1 aliphatic carbocycles. The number of hydrogen-bond acceptors (Lipinski definition) is 4. The summed E-state index contributed by atoms with van der Waals surface area (Å²) in [5.41, 5.74) is 4.76. The summed E-state index contributed by atoms with van der Waals surface area (Å²) in [5, 5.41) is 11.1. The van der Waals surface area contributed by atoms with Gasteiger partial charge in [0.15, 0.2) is 0 Å². The molecular formula is C9H16N2O4. The van der Waals surface area contributed by atoms with Gasteiger partial charge in [-0.05, 0) is 25.7 Å². The molecule has 0 aromatic heterocycles.